The molecule has 3 heteroatoms. The predicted molar refractivity (Wildman–Crippen MR) is 47.7 cm³/mol. The highest BCUT2D eigenvalue weighted by Gasteiger charge is 1.97. The number of hydrogen-bond donors (Lipinski definition) is 0. The van der Waals surface area contributed by atoms with Gasteiger partial charge in [-0.1, -0.05) is 13.8 Å². The van der Waals surface area contributed by atoms with Crippen LogP contribution in [0.2, 0.25) is 0 Å². The molecule has 0 bridgehead atoms. The summed E-state index contributed by atoms with van der Waals surface area (Å²) >= 11 is 0. The molecule has 1 aromatic heterocycles. The molecule has 0 aliphatic rings. The molecule has 0 amide bonds. The normalized spacial score (nSPS) is 8.67. The van der Waals surface area contributed by atoms with E-state index in [1.165, 1.54) is 10.6 Å². The van der Waals surface area contributed by atoms with Crippen molar-refractivity contribution in [3.8, 4) is 0 Å². The van der Waals surface area contributed by atoms with E-state index < -0.39 is 11.4 Å². The fourth-order valence-electron chi connectivity index (χ4n) is 0.757. The van der Waals surface area contributed by atoms with Gasteiger partial charge in [0.1, 0.15) is 0 Å². The lowest BCUT2D eigenvalue weighted by Crippen LogP contribution is -2.20. The van der Waals surface area contributed by atoms with Crippen molar-refractivity contribution < 1.29 is 4.39 Å². The Hall–Kier alpha value is -1.12. The molecule has 0 radical (unpaired) electrons. The van der Waals surface area contributed by atoms with E-state index >= 15 is 0 Å². The Morgan fingerprint density at radius 1 is 1.50 bits per heavy atom. The lowest BCUT2D eigenvalue weighted by atomic mass is 10.4. The fourth-order valence-corrected chi connectivity index (χ4v) is 0.757. The van der Waals surface area contributed by atoms with Gasteiger partial charge in [0.2, 0.25) is 0 Å². The van der Waals surface area contributed by atoms with E-state index in [0.29, 0.717) is 6.54 Å². The van der Waals surface area contributed by atoms with Gasteiger partial charge in [-0.05, 0) is 19.1 Å². The van der Waals surface area contributed by atoms with Gasteiger partial charge >= 0.3 is 0 Å². The summed E-state index contributed by atoms with van der Waals surface area (Å²) in [5, 5.41) is 0. The predicted octanol–water partition coefficient (Wildman–Crippen LogP) is 2.03. The summed E-state index contributed by atoms with van der Waals surface area (Å²) in [5.41, 5.74) is -0.551. The Morgan fingerprint density at radius 3 is 2.50 bits per heavy atom. The van der Waals surface area contributed by atoms with Crippen molar-refractivity contribution in [2.75, 3.05) is 0 Å². The highest BCUT2D eigenvalue weighted by molar-refractivity contribution is 4.96. The SMILES string of the molecule is CC.CCn1cccc(F)c1=O. The molecule has 68 valence electrons. The van der Waals surface area contributed by atoms with Gasteiger partial charge in [-0.3, -0.25) is 4.79 Å². The molecule has 0 saturated carbocycles. The first-order valence-electron chi connectivity index (χ1n) is 4.10. The fraction of sp³-hybridized carbons (Fsp3) is 0.444. The summed E-state index contributed by atoms with van der Waals surface area (Å²) in [6.07, 6.45) is 1.56. The summed E-state index contributed by atoms with van der Waals surface area (Å²) in [6.45, 7) is 6.30. The van der Waals surface area contributed by atoms with Crippen molar-refractivity contribution in [2.24, 2.45) is 0 Å². The molecule has 0 spiro atoms. The smallest absolute Gasteiger partial charge is 0.286 e. The third-order valence-electron chi connectivity index (χ3n) is 1.31. The highest BCUT2D eigenvalue weighted by Crippen LogP contribution is 1.87. The van der Waals surface area contributed by atoms with Crippen molar-refractivity contribution in [2.45, 2.75) is 27.3 Å². The molecule has 1 rings (SSSR count). The van der Waals surface area contributed by atoms with Crippen LogP contribution in [-0.2, 0) is 6.54 Å². The average Bonchev–Trinajstić information content (AvgIpc) is 2.13. The van der Waals surface area contributed by atoms with Crippen LogP contribution in [0.3, 0.4) is 0 Å². The summed E-state index contributed by atoms with van der Waals surface area (Å²) in [7, 11) is 0. The van der Waals surface area contributed by atoms with Crippen molar-refractivity contribution >= 4 is 0 Å². The molecular formula is C9H14FNO. The lowest BCUT2D eigenvalue weighted by molar-refractivity contribution is 0.575. The summed E-state index contributed by atoms with van der Waals surface area (Å²) in [5.74, 6) is -0.690. The molecule has 0 aliphatic heterocycles. The Balaban J connectivity index is 0.000000561. The number of aryl methyl sites for hydroxylation is 1. The van der Waals surface area contributed by atoms with Crippen LogP contribution in [0.4, 0.5) is 4.39 Å². The number of aromatic nitrogens is 1. The molecule has 0 aliphatic carbocycles. The minimum absolute atomic E-state index is 0.511. The first kappa shape index (κ1) is 10.9. The first-order valence-corrected chi connectivity index (χ1v) is 4.10. The van der Waals surface area contributed by atoms with Crippen molar-refractivity contribution in [1.29, 1.82) is 0 Å². The monoisotopic (exact) mass is 171 g/mol. The Bertz CT molecular complexity index is 280. The minimum atomic E-state index is -0.690. The second-order valence-electron chi connectivity index (χ2n) is 1.95. The highest BCUT2D eigenvalue weighted by atomic mass is 19.1. The van der Waals surface area contributed by atoms with Crippen LogP contribution in [0.25, 0.3) is 0 Å². The molecule has 0 atom stereocenters. The van der Waals surface area contributed by atoms with Crippen molar-refractivity contribution in [1.82, 2.24) is 4.57 Å². The van der Waals surface area contributed by atoms with E-state index in [4.69, 9.17) is 0 Å². The number of pyridine rings is 1. The molecule has 1 heterocycles. The van der Waals surface area contributed by atoms with Crippen LogP contribution >= 0.6 is 0 Å². The van der Waals surface area contributed by atoms with Gasteiger partial charge < -0.3 is 4.57 Å². The van der Waals surface area contributed by atoms with Crippen LogP contribution in [0.5, 0.6) is 0 Å². The molecule has 0 fully saturated rings. The van der Waals surface area contributed by atoms with E-state index in [1.807, 2.05) is 13.8 Å². The quantitative estimate of drug-likeness (QED) is 0.633. The largest absolute Gasteiger partial charge is 0.313 e. The van der Waals surface area contributed by atoms with E-state index in [9.17, 15) is 9.18 Å². The average molecular weight is 171 g/mol. The lowest BCUT2D eigenvalue weighted by Gasteiger charge is -1.97. The van der Waals surface area contributed by atoms with E-state index in [2.05, 4.69) is 0 Å². The molecular weight excluding hydrogens is 157 g/mol. The zero-order valence-corrected chi connectivity index (χ0v) is 7.67. The van der Waals surface area contributed by atoms with Gasteiger partial charge in [-0.25, -0.2) is 4.39 Å². The summed E-state index contributed by atoms with van der Waals surface area (Å²) < 4.78 is 13.7. The topological polar surface area (TPSA) is 22.0 Å². The maximum atomic E-state index is 12.4. The maximum absolute atomic E-state index is 12.4. The number of hydrogen-bond acceptors (Lipinski definition) is 1. The minimum Gasteiger partial charge on any atom is -0.313 e. The molecule has 2 nitrogen and oxygen atoms in total. The zero-order valence-electron chi connectivity index (χ0n) is 7.67. The molecule has 1 aromatic rings. The summed E-state index contributed by atoms with van der Waals surface area (Å²) in [6, 6.07) is 2.68. The van der Waals surface area contributed by atoms with Crippen LogP contribution in [0.1, 0.15) is 20.8 Å². The van der Waals surface area contributed by atoms with Gasteiger partial charge in [0, 0.05) is 12.7 Å². The molecule has 0 unspecified atom stereocenters. The van der Waals surface area contributed by atoms with Crippen LogP contribution < -0.4 is 5.56 Å². The zero-order chi connectivity index (χ0) is 9.56. The van der Waals surface area contributed by atoms with E-state index in [1.54, 1.807) is 13.1 Å². The molecule has 0 N–H and O–H groups in total. The second kappa shape index (κ2) is 5.52. The third-order valence-corrected chi connectivity index (χ3v) is 1.31. The number of rotatable bonds is 1. The van der Waals surface area contributed by atoms with Crippen molar-refractivity contribution in [3.05, 3.63) is 34.5 Å². The van der Waals surface area contributed by atoms with Gasteiger partial charge in [0.05, 0.1) is 0 Å². The van der Waals surface area contributed by atoms with Gasteiger partial charge in [-0.2, -0.15) is 0 Å². The maximum Gasteiger partial charge on any atom is 0.286 e. The van der Waals surface area contributed by atoms with Gasteiger partial charge in [0.15, 0.2) is 5.82 Å². The molecule has 12 heavy (non-hydrogen) atoms. The summed E-state index contributed by atoms with van der Waals surface area (Å²) in [4.78, 5) is 10.8. The third kappa shape index (κ3) is 2.49. The Labute approximate surface area is 71.7 Å². The van der Waals surface area contributed by atoms with Gasteiger partial charge in [-0.15, -0.1) is 0 Å². The van der Waals surface area contributed by atoms with Crippen molar-refractivity contribution in [3.63, 3.8) is 0 Å². The van der Waals surface area contributed by atoms with Crippen LogP contribution in [0, 0.1) is 5.82 Å². The van der Waals surface area contributed by atoms with E-state index in [0.717, 1.165) is 6.07 Å². The molecule has 0 saturated heterocycles. The van der Waals surface area contributed by atoms with Crippen LogP contribution in [-0.4, -0.2) is 4.57 Å². The second-order valence-corrected chi connectivity index (χ2v) is 1.95. The van der Waals surface area contributed by atoms with E-state index in [-0.39, 0.29) is 0 Å². The van der Waals surface area contributed by atoms with Gasteiger partial charge in [0.25, 0.3) is 5.56 Å². The standard InChI is InChI=1S/C7H8FNO.C2H6/c1-2-9-5-3-4-6(8)7(9)10;1-2/h3-5H,2H2,1H3;1-2H3. The number of nitrogens with zero attached hydrogens (tertiary/aromatic N) is 1. The van der Waals surface area contributed by atoms with Crippen LogP contribution in [0.15, 0.2) is 23.1 Å². The molecule has 0 aromatic carbocycles. The Kier molecular flexibility index (Phi) is 5.00. The number of halogens is 1. The first-order chi connectivity index (χ1) is 5.75. The Morgan fingerprint density at radius 2 is 2.08 bits per heavy atom.